The summed E-state index contributed by atoms with van der Waals surface area (Å²) in [6.07, 6.45) is 1.79. The smallest absolute Gasteiger partial charge is 0.416 e. The number of hydrogen-bond acceptors (Lipinski definition) is 5. The van der Waals surface area contributed by atoms with Crippen LogP contribution in [0, 0.1) is 0 Å². The summed E-state index contributed by atoms with van der Waals surface area (Å²) in [7, 11) is 0. The van der Waals surface area contributed by atoms with Crippen LogP contribution in [0.1, 0.15) is 43.7 Å². The van der Waals surface area contributed by atoms with Gasteiger partial charge in [-0.05, 0) is 91.8 Å². The van der Waals surface area contributed by atoms with Gasteiger partial charge in [-0.1, -0.05) is 43.0 Å². The van der Waals surface area contributed by atoms with Crippen molar-refractivity contribution in [3.05, 3.63) is 102 Å². The second kappa shape index (κ2) is 14.7. The van der Waals surface area contributed by atoms with Crippen LogP contribution >= 0.6 is 0 Å². The van der Waals surface area contributed by atoms with Crippen LogP contribution in [0.15, 0.2) is 91.0 Å². The van der Waals surface area contributed by atoms with Gasteiger partial charge in [-0.15, -0.1) is 0 Å². The molecule has 0 saturated carbocycles. The summed E-state index contributed by atoms with van der Waals surface area (Å²) in [5.41, 5.74) is 2.01. The van der Waals surface area contributed by atoms with Crippen molar-refractivity contribution in [1.29, 1.82) is 0 Å². The molecule has 0 bridgehead atoms. The minimum atomic E-state index is -4.41. The first-order valence-corrected chi connectivity index (χ1v) is 12.8. The topological polar surface area (TPSA) is 61.8 Å². The van der Waals surface area contributed by atoms with Crippen LogP contribution in [-0.2, 0) is 20.5 Å². The zero-order valence-corrected chi connectivity index (χ0v) is 22.2. The number of ether oxygens (including phenoxy) is 3. The van der Waals surface area contributed by atoms with Crippen molar-refractivity contribution in [2.45, 2.75) is 38.8 Å². The van der Waals surface area contributed by atoms with Crippen molar-refractivity contribution in [2.24, 2.45) is 0 Å². The molecule has 0 N–H and O–H groups in total. The van der Waals surface area contributed by atoms with E-state index in [0.29, 0.717) is 30.1 Å². The van der Waals surface area contributed by atoms with Crippen LogP contribution in [0.25, 0.3) is 17.2 Å². The first-order valence-electron chi connectivity index (χ1n) is 12.8. The number of halogens is 3. The van der Waals surface area contributed by atoms with E-state index in [1.807, 2.05) is 36.4 Å². The number of benzene rings is 3. The predicted molar refractivity (Wildman–Crippen MR) is 148 cm³/mol. The van der Waals surface area contributed by atoms with Gasteiger partial charge in [0, 0.05) is 11.6 Å². The van der Waals surface area contributed by atoms with E-state index < -0.39 is 17.7 Å². The molecule has 3 aromatic carbocycles. The summed E-state index contributed by atoms with van der Waals surface area (Å²) >= 11 is 0. The van der Waals surface area contributed by atoms with Gasteiger partial charge < -0.3 is 14.2 Å². The largest absolute Gasteiger partial charge is 0.494 e. The lowest BCUT2D eigenvalue weighted by Crippen LogP contribution is -2.06. The zero-order chi connectivity index (χ0) is 29.0. The van der Waals surface area contributed by atoms with Crippen LogP contribution < -0.4 is 9.47 Å². The molecule has 40 heavy (non-hydrogen) atoms. The molecular formula is C32H31F3O5. The highest BCUT2D eigenvalue weighted by molar-refractivity contribution is 5.88. The average Bonchev–Trinajstić information content (AvgIpc) is 2.93. The summed E-state index contributed by atoms with van der Waals surface area (Å²) in [5, 5.41) is 0. The maximum absolute atomic E-state index is 12.7. The maximum Gasteiger partial charge on any atom is 0.416 e. The van der Waals surface area contributed by atoms with Crippen molar-refractivity contribution in [3.8, 4) is 22.6 Å². The summed E-state index contributed by atoms with van der Waals surface area (Å²) < 4.78 is 54.1. The molecule has 0 aliphatic rings. The average molecular weight is 553 g/mol. The fourth-order valence-electron chi connectivity index (χ4n) is 3.59. The Morgan fingerprint density at radius 2 is 1.32 bits per heavy atom. The highest BCUT2D eigenvalue weighted by Crippen LogP contribution is 2.29. The van der Waals surface area contributed by atoms with Crippen molar-refractivity contribution < 1.29 is 37.0 Å². The minimum absolute atomic E-state index is 0.347. The Kier molecular flexibility index (Phi) is 11.1. The molecule has 0 fully saturated rings. The Hall–Kier alpha value is -4.33. The molecule has 0 radical (unpaired) electrons. The first-order chi connectivity index (χ1) is 19.1. The van der Waals surface area contributed by atoms with Crippen molar-refractivity contribution in [2.75, 3.05) is 13.2 Å². The Morgan fingerprint density at radius 3 is 1.88 bits per heavy atom. The van der Waals surface area contributed by atoms with Crippen LogP contribution in [0.3, 0.4) is 0 Å². The highest BCUT2D eigenvalue weighted by atomic mass is 19.4. The second-order valence-electron chi connectivity index (χ2n) is 9.10. The van der Waals surface area contributed by atoms with Gasteiger partial charge in [-0.3, -0.25) is 0 Å². The van der Waals surface area contributed by atoms with E-state index in [1.165, 1.54) is 18.2 Å². The van der Waals surface area contributed by atoms with E-state index in [4.69, 9.17) is 14.2 Å². The Balaban J connectivity index is 1.39. The summed E-state index contributed by atoms with van der Waals surface area (Å²) in [6.45, 7) is 6.17. The van der Waals surface area contributed by atoms with E-state index in [0.717, 1.165) is 60.8 Å². The molecule has 0 atom stereocenters. The maximum atomic E-state index is 12.7. The molecule has 3 aromatic rings. The van der Waals surface area contributed by atoms with Gasteiger partial charge in [0.05, 0.1) is 18.8 Å². The van der Waals surface area contributed by atoms with E-state index in [-0.39, 0.29) is 5.97 Å². The molecule has 5 nitrogen and oxygen atoms in total. The monoisotopic (exact) mass is 552 g/mol. The van der Waals surface area contributed by atoms with Gasteiger partial charge >= 0.3 is 18.1 Å². The summed E-state index contributed by atoms with van der Waals surface area (Å²) in [5.74, 6) is 0.126. The van der Waals surface area contributed by atoms with Gasteiger partial charge in [-0.2, -0.15) is 13.2 Å². The molecule has 210 valence electrons. The lowest BCUT2D eigenvalue weighted by Gasteiger charge is -2.08. The quantitative estimate of drug-likeness (QED) is 0.0929. The normalized spacial score (nSPS) is 11.3. The SMILES string of the molecule is C=C(C)C(=O)OCCCCCCOc1ccc(-c2ccc(OC(=O)/C=C/c3ccc(C(F)(F)F)cc3)cc2)cc1. The lowest BCUT2D eigenvalue weighted by molar-refractivity contribution is -0.139. The van der Waals surface area contributed by atoms with E-state index in [1.54, 1.807) is 19.1 Å². The third-order valence-electron chi connectivity index (χ3n) is 5.80. The van der Waals surface area contributed by atoms with Crippen LogP contribution in [0.4, 0.5) is 13.2 Å². The van der Waals surface area contributed by atoms with Crippen molar-refractivity contribution in [1.82, 2.24) is 0 Å². The van der Waals surface area contributed by atoms with Crippen LogP contribution in [0.2, 0.25) is 0 Å². The lowest BCUT2D eigenvalue weighted by atomic mass is 10.1. The fourth-order valence-corrected chi connectivity index (χ4v) is 3.59. The standard InChI is InChI=1S/C32H31F3O5/c1-23(2)31(37)39-22-6-4-3-5-21-38-28-16-10-25(11-17-28)26-12-18-29(19-13-26)40-30(36)20-9-24-7-14-27(15-8-24)32(33,34)35/h7-20H,1,3-6,21-22H2,2H3/b20-9+. The van der Waals surface area contributed by atoms with Gasteiger partial charge in [0.2, 0.25) is 0 Å². The third-order valence-corrected chi connectivity index (χ3v) is 5.80. The fraction of sp³-hybridized carbons (Fsp3) is 0.250. The molecule has 0 aliphatic heterocycles. The number of esters is 2. The Labute approximate surface area is 231 Å². The molecule has 0 heterocycles. The number of carbonyl (C=O) groups is 2. The first kappa shape index (κ1) is 30.2. The zero-order valence-electron chi connectivity index (χ0n) is 22.2. The predicted octanol–water partition coefficient (Wildman–Crippen LogP) is 8.05. The summed E-state index contributed by atoms with van der Waals surface area (Å²) in [4.78, 5) is 23.4. The minimum Gasteiger partial charge on any atom is -0.494 e. The number of unbranched alkanes of at least 4 members (excludes halogenated alkanes) is 3. The molecule has 0 saturated heterocycles. The summed E-state index contributed by atoms with van der Waals surface area (Å²) in [6, 6.07) is 19.2. The van der Waals surface area contributed by atoms with Gasteiger partial charge in [-0.25, -0.2) is 9.59 Å². The van der Waals surface area contributed by atoms with E-state index in [9.17, 15) is 22.8 Å². The van der Waals surface area contributed by atoms with E-state index >= 15 is 0 Å². The molecule has 0 amide bonds. The van der Waals surface area contributed by atoms with Crippen molar-refractivity contribution in [3.63, 3.8) is 0 Å². The van der Waals surface area contributed by atoms with Gasteiger partial charge in [0.15, 0.2) is 0 Å². The molecule has 3 rings (SSSR count). The number of rotatable bonds is 13. The third kappa shape index (κ3) is 10.1. The highest BCUT2D eigenvalue weighted by Gasteiger charge is 2.29. The second-order valence-corrected chi connectivity index (χ2v) is 9.10. The molecule has 0 unspecified atom stereocenters. The number of alkyl halides is 3. The Bertz CT molecular complexity index is 1290. The molecule has 0 spiro atoms. The molecule has 0 aliphatic carbocycles. The molecule has 0 aromatic heterocycles. The number of carbonyl (C=O) groups excluding carboxylic acids is 2. The van der Waals surface area contributed by atoms with Gasteiger partial charge in [0.25, 0.3) is 0 Å². The van der Waals surface area contributed by atoms with E-state index in [2.05, 4.69) is 6.58 Å². The Morgan fingerprint density at radius 1 is 0.775 bits per heavy atom. The molecular weight excluding hydrogens is 521 g/mol. The molecule has 8 heteroatoms. The van der Waals surface area contributed by atoms with Gasteiger partial charge in [0.1, 0.15) is 11.5 Å². The van der Waals surface area contributed by atoms with Crippen molar-refractivity contribution >= 4 is 18.0 Å². The number of hydrogen-bond donors (Lipinski definition) is 0. The van der Waals surface area contributed by atoms with Crippen LogP contribution in [0.5, 0.6) is 11.5 Å². The van der Waals surface area contributed by atoms with Crippen LogP contribution in [-0.4, -0.2) is 25.2 Å².